The summed E-state index contributed by atoms with van der Waals surface area (Å²) in [6.45, 7) is 13.8. The van der Waals surface area contributed by atoms with Crippen LogP contribution in [0.4, 0.5) is 0 Å². The SMILES string of the molecule is CC[C@@H](C(=O)NC(C)(C)C)N(Cc1ccc(Cl)cc1)C(=O)COc1cc(C)cc(C)c1C. The number of nitrogens with one attached hydrogen (secondary N) is 1. The van der Waals surface area contributed by atoms with Crippen molar-refractivity contribution in [3.8, 4) is 5.75 Å². The molecule has 0 aromatic heterocycles. The molecule has 0 radical (unpaired) electrons. The van der Waals surface area contributed by atoms with Gasteiger partial charge in [0.05, 0.1) is 0 Å². The third-order valence-corrected chi connectivity index (χ3v) is 5.52. The van der Waals surface area contributed by atoms with Crippen molar-refractivity contribution in [3.05, 3.63) is 63.7 Å². The number of aryl methyl sites for hydroxylation is 2. The van der Waals surface area contributed by atoms with Gasteiger partial charge in [0.2, 0.25) is 5.91 Å². The molecule has 0 heterocycles. The number of rotatable bonds is 8. The fourth-order valence-corrected chi connectivity index (χ4v) is 3.66. The van der Waals surface area contributed by atoms with Crippen LogP contribution in [0.25, 0.3) is 0 Å². The third kappa shape index (κ3) is 7.27. The van der Waals surface area contributed by atoms with Crippen LogP contribution in [0.3, 0.4) is 0 Å². The first-order valence-corrected chi connectivity index (χ1v) is 11.4. The maximum atomic E-state index is 13.3. The zero-order valence-corrected chi connectivity index (χ0v) is 21.0. The van der Waals surface area contributed by atoms with E-state index in [4.69, 9.17) is 16.3 Å². The molecule has 5 nitrogen and oxygen atoms in total. The number of halogens is 1. The Labute approximate surface area is 197 Å². The van der Waals surface area contributed by atoms with E-state index in [9.17, 15) is 9.59 Å². The van der Waals surface area contributed by atoms with Gasteiger partial charge in [-0.1, -0.05) is 36.7 Å². The molecule has 1 atom stereocenters. The number of carbonyl (C=O) groups is 2. The lowest BCUT2D eigenvalue weighted by Gasteiger charge is -2.33. The predicted octanol–water partition coefficient (Wildman–Crippen LogP) is 5.37. The summed E-state index contributed by atoms with van der Waals surface area (Å²) >= 11 is 6.02. The molecule has 0 unspecified atom stereocenters. The minimum atomic E-state index is -0.610. The lowest BCUT2D eigenvalue weighted by molar-refractivity contribution is -0.143. The molecule has 6 heteroatoms. The maximum absolute atomic E-state index is 13.3. The van der Waals surface area contributed by atoms with Crippen LogP contribution in [-0.4, -0.2) is 34.9 Å². The van der Waals surface area contributed by atoms with E-state index in [1.807, 2.05) is 66.7 Å². The molecule has 0 aliphatic carbocycles. The quantitative estimate of drug-likeness (QED) is 0.578. The monoisotopic (exact) mass is 458 g/mol. The second kappa shape index (κ2) is 10.9. The molecule has 0 saturated carbocycles. The maximum Gasteiger partial charge on any atom is 0.261 e. The van der Waals surface area contributed by atoms with Crippen molar-refractivity contribution < 1.29 is 14.3 Å². The van der Waals surface area contributed by atoms with E-state index in [1.54, 1.807) is 17.0 Å². The molecule has 0 aliphatic heterocycles. The molecule has 2 amide bonds. The molecule has 2 rings (SSSR count). The molecule has 0 aliphatic rings. The van der Waals surface area contributed by atoms with Gasteiger partial charge >= 0.3 is 0 Å². The smallest absolute Gasteiger partial charge is 0.261 e. The van der Waals surface area contributed by atoms with E-state index in [0.717, 1.165) is 22.3 Å². The molecule has 0 spiro atoms. The highest BCUT2D eigenvalue weighted by Crippen LogP contribution is 2.24. The van der Waals surface area contributed by atoms with Crippen LogP contribution in [0.15, 0.2) is 36.4 Å². The lowest BCUT2D eigenvalue weighted by atomic mass is 10.1. The van der Waals surface area contributed by atoms with E-state index in [2.05, 4.69) is 11.4 Å². The van der Waals surface area contributed by atoms with Gasteiger partial charge in [-0.2, -0.15) is 0 Å². The Kier molecular flexibility index (Phi) is 8.73. The van der Waals surface area contributed by atoms with E-state index in [1.165, 1.54) is 0 Å². The average Bonchev–Trinajstić information content (AvgIpc) is 2.69. The van der Waals surface area contributed by atoms with Crippen molar-refractivity contribution >= 4 is 23.4 Å². The molecule has 2 aromatic carbocycles. The normalized spacial score (nSPS) is 12.2. The van der Waals surface area contributed by atoms with Gasteiger partial charge in [-0.25, -0.2) is 0 Å². The summed E-state index contributed by atoms with van der Waals surface area (Å²) in [7, 11) is 0. The molecular formula is C26H35ClN2O3. The van der Waals surface area contributed by atoms with Gasteiger partial charge < -0.3 is 15.0 Å². The van der Waals surface area contributed by atoms with E-state index >= 15 is 0 Å². The average molecular weight is 459 g/mol. The van der Waals surface area contributed by atoms with E-state index < -0.39 is 11.6 Å². The molecule has 0 fully saturated rings. The molecule has 0 bridgehead atoms. The number of hydrogen-bond acceptors (Lipinski definition) is 3. The summed E-state index contributed by atoms with van der Waals surface area (Å²) in [6.07, 6.45) is 0.490. The van der Waals surface area contributed by atoms with Gasteiger partial charge in [0.15, 0.2) is 6.61 Å². The molecular weight excluding hydrogens is 424 g/mol. The van der Waals surface area contributed by atoms with Gasteiger partial charge in [0.1, 0.15) is 11.8 Å². The van der Waals surface area contributed by atoms with Crippen molar-refractivity contribution in [2.45, 2.75) is 73.0 Å². The van der Waals surface area contributed by atoms with Gasteiger partial charge in [0, 0.05) is 17.1 Å². The Balaban J connectivity index is 2.28. The zero-order valence-electron chi connectivity index (χ0n) is 20.2. The summed E-state index contributed by atoms with van der Waals surface area (Å²) in [5, 5.41) is 3.63. The van der Waals surface area contributed by atoms with Crippen LogP contribution in [0.5, 0.6) is 5.75 Å². The number of ether oxygens (including phenoxy) is 1. The fourth-order valence-electron chi connectivity index (χ4n) is 3.53. The summed E-state index contributed by atoms with van der Waals surface area (Å²) in [6, 6.07) is 10.7. The van der Waals surface area contributed by atoms with Crippen LogP contribution in [-0.2, 0) is 16.1 Å². The Morgan fingerprint density at radius 3 is 2.28 bits per heavy atom. The van der Waals surface area contributed by atoms with Crippen LogP contribution in [0, 0.1) is 20.8 Å². The number of benzene rings is 2. The van der Waals surface area contributed by atoms with E-state index in [-0.39, 0.29) is 18.4 Å². The molecule has 1 N–H and O–H groups in total. The zero-order chi connectivity index (χ0) is 24.1. The number of amides is 2. The van der Waals surface area contributed by atoms with E-state index in [0.29, 0.717) is 23.7 Å². The standard InChI is InChI=1S/C26H35ClN2O3/c1-8-22(25(31)28-26(5,6)7)29(15-20-9-11-21(27)12-10-20)24(30)16-32-23-14-17(2)13-18(3)19(23)4/h9-14,22H,8,15-16H2,1-7H3,(H,28,31)/t22-/m0/s1. The molecule has 32 heavy (non-hydrogen) atoms. The number of carbonyl (C=O) groups excluding carboxylic acids is 2. The molecule has 174 valence electrons. The minimum absolute atomic E-state index is 0.142. The van der Waals surface area contributed by atoms with Crippen molar-refractivity contribution in [3.63, 3.8) is 0 Å². The highest BCUT2D eigenvalue weighted by atomic mass is 35.5. The minimum Gasteiger partial charge on any atom is -0.483 e. The second-order valence-electron chi connectivity index (χ2n) is 9.31. The Hall–Kier alpha value is -2.53. The molecule has 2 aromatic rings. The van der Waals surface area contributed by atoms with Gasteiger partial charge in [0.25, 0.3) is 5.91 Å². The van der Waals surface area contributed by atoms with Gasteiger partial charge in [-0.3, -0.25) is 9.59 Å². The highest BCUT2D eigenvalue weighted by Gasteiger charge is 2.31. The number of hydrogen-bond donors (Lipinski definition) is 1. The van der Waals surface area contributed by atoms with Crippen LogP contribution in [0.1, 0.15) is 56.4 Å². The first-order chi connectivity index (χ1) is 14.9. The summed E-state index contributed by atoms with van der Waals surface area (Å²) in [5.74, 6) is 0.272. The largest absolute Gasteiger partial charge is 0.483 e. The first kappa shape index (κ1) is 25.7. The lowest BCUT2D eigenvalue weighted by Crippen LogP contribution is -2.54. The Morgan fingerprint density at radius 2 is 1.72 bits per heavy atom. The summed E-state index contributed by atoms with van der Waals surface area (Å²) in [5.41, 5.74) is 3.69. The first-order valence-electron chi connectivity index (χ1n) is 11.0. The highest BCUT2D eigenvalue weighted by molar-refractivity contribution is 6.30. The van der Waals surface area contributed by atoms with Crippen molar-refractivity contribution in [2.24, 2.45) is 0 Å². The Morgan fingerprint density at radius 1 is 1.09 bits per heavy atom. The van der Waals surface area contributed by atoms with Gasteiger partial charge in [-0.15, -0.1) is 0 Å². The second-order valence-corrected chi connectivity index (χ2v) is 9.74. The van der Waals surface area contributed by atoms with Crippen LogP contribution >= 0.6 is 11.6 Å². The van der Waals surface area contributed by atoms with Crippen LogP contribution < -0.4 is 10.1 Å². The Bertz CT molecular complexity index is 949. The van der Waals surface area contributed by atoms with Gasteiger partial charge in [-0.05, 0) is 88.4 Å². The topological polar surface area (TPSA) is 58.6 Å². The fraction of sp³-hybridized carbons (Fsp3) is 0.462. The van der Waals surface area contributed by atoms with Crippen molar-refractivity contribution in [1.29, 1.82) is 0 Å². The van der Waals surface area contributed by atoms with Crippen molar-refractivity contribution in [2.75, 3.05) is 6.61 Å². The summed E-state index contributed by atoms with van der Waals surface area (Å²) < 4.78 is 5.93. The third-order valence-electron chi connectivity index (χ3n) is 5.27. The molecule has 0 saturated heterocycles. The predicted molar refractivity (Wildman–Crippen MR) is 130 cm³/mol. The summed E-state index contributed by atoms with van der Waals surface area (Å²) in [4.78, 5) is 28.0. The van der Waals surface area contributed by atoms with Crippen molar-refractivity contribution in [1.82, 2.24) is 10.2 Å². The van der Waals surface area contributed by atoms with Crippen LogP contribution in [0.2, 0.25) is 5.02 Å². The number of nitrogens with zero attached hydrogens (tertiary/aromatic N) is 1.